The lowest BCUT2D eigenvalue weighted by atomic mass is 10.2. The molecule has 132 valence electrons. The average molecular weight is 342 g/mol. The van der Waals surface area contributed by atoms with Gasteiger partial charge in [-0.3, -0.25) is 14.7 Å². The number of nitrogens with zero attached hydrogens (tertiary/aromatic N) is 3. The van der Waals surface area contributed by atoms with Crippen LogP contribution in [0.15, 0.2) is 35.1 Å². The van der Waals surface area contributed by atoms with E-state index in [4.69, 9.17) is 9.47 Å². The first-order chi connectivity index (χ1) is 12.2. The van der Waals surface area contributed by atoms with Crippen LogP contribution in [0, 0.1) is 6.92 Å². The predicted molar refractivity (Wildman–Crippen MR) is 94.6 cm³/mol. The molecule has 0 saturated carbocycles. The quantitative estimate of drug-likeness (QED) is 0.899. The molecule has 1 N–H and O–H groups in total. The highest BCUT2D eigenvalue weighted by Crippen LogP contribution is 2.31. The summed E-state index contributed by atoms with van der Waals surface area (Å²) >= 11 is 0. The number of aryl methyl sites for hydroxylation is 1. The fraction of sp³-hybridized carbons (Fsp3) is 0.444. The van der Waals surface area contributed by atoms with Crippen LogP contribution < -0.4 is 19.9 Å². The lowest BCUT2D eigenvalue weighted by Crippen LogP contribution is -2.51. The van der Waals surface area contributed by atoms with Crippen LogP contribution in [0.5, 0.6) is 11.5 Å². The molecule has 25 heavy (non-hydrogen) atoms. The molecule has 1 aromatic carbocycles. The third kappa shape index (κ3) is 3.61. The molecule has 0 aliphatic carbocycles. The van der Waals surface area contributed by atoms with Crippen molar-refractivity contribution in [2.24, 2.45) is 0 Å². The summed E-state index contributed by atoms with van der Waals surface area (Å²) in [5.41, 5.74) is 0.643. The number of hydrogen-bond acceptors (Lipinski definition) is 6. The molecular formula is C18H22N4O3. The van der Waals surface area contributed by atoms with Gasteiger partial charge in [-0.05, 0) is 19.1 Å². The molecule has 4 rings (SSSR count). The van der Waals surface area contributed by atoms with Gasteiger partial charge in [0.15, 0.2) is 11.5 Å². The van der Waals surface area contributed by atoms with E-state index in [1.165, 1.54) is 6.07 Å². The number of hydrogen-bond donors (Lipinski definition) is 1. The molecule has 1 fully saturated rings. The van der Waals surface area contributed by atoms with E-state index >= 15 is 0 Å². The minimum absolute atomic E-state index is 0.0401. The number of nitrogens with one attached hydrogen (secondary N) is 1. The fourth-order valence-corrected chi connectivity index (χ4v) is 3.30. The van der Waals surface area contributed by atoms with Crippen molar-refractivity contribution < 1.29 is 9.47 Å². The smallest absolute Gasteiger partial charge is 0.252 e. The van der Waals surface area contributed by atoms with Gasteiger partial charge in [-0.2, -0.15) is 0 Å². The molecule has 7 nitrogen and oxygen atoms in total. The van der Waals surface area contributed by atoms with Gasteiger partial charge >= 0.3 is 0 Å². The number of rotatable bonds is 3. The van der Waals surface area contributed by atoms with Gasteiger partial charge in [-0.25, -0.2) is 4.98 Å². The topological polar surface area (TPSA) is 70.7 Å². The summed E-state index contributed by atoms with van der Waals surface area (Å²) in [4.78, 5) is 23.4. The zero-order valence-corrected chi connectivity index (χ0v) is 14.3. The van der Waals surface area contributed by atoms with Gasteiger partial charge in [0.05, 0.1) is 0 Å². The van der Waals surface area contributed by atoms with Gasteiger partial charge in [0.1, 0.15) is 12.7 Å². The van der Waals surface area contributed by atoms with Crippen LogP contribution in [0.2, 0.25) is 0 Å². The van der Waals surface area contributed by atoms with Gasteiger partial charge < -0.3 is 14.4 Å². The SMILES string of the molecule is Cc1cc(=O)[nH]c(N2CCN(CC3COc4ccccc4O3)CC2)n1. The second-order valence-electron chi connectivity index (χ2n) is 6.50. The summed E-state index contributed by atoms with van der Waals surface area (Å²) < 4.78 is 11.8. The van der Waals surface area contributed by atoms with Crippen molar-refractivity contribution >= 4 is 5.95 Å². The fourth-order valence-electron chi connectivity index (χ4n) is 3.30. The van der Waals surface area contributed by atoms with Crippen molar-refractivity contribution in [2.45, 2.75) is 13.0 Å². The van der Waals surface area contributed by atoms with Crippen LogP contribution in [-0.2, 0) is 0 Å². The van der Waals surface area contributed by atoms with Gasteiger partial charge in [-0.15, -0.1) is 0 Å². The van der Waals surface area contributed by atoms with Crippen LogP contribution in [0.4, 0.5) is 5.95 Å². The predicted octanol–water partition coefficient (Wildman–Crippen LogP) is 1.04. The Morgan fingerprint density at radius 3 is 2.72 bits per heavy atom. The van der Waals surface area contributed by atoms with E-state index in [2.05, 4.69) is 19.8 Å². The number of aromatic nitrogens is 2. The molecule has 0 radical (unpaired) electrons. The molecule has 7 heteroatoms. The molecule has 2 aromatic rings. The summed E-state index contributed by atoms with van der Waals surface area (Å²) in [5.74, 6) is 2.30. The summed E-state index contributed by atoms with van der Waals surface area (Å²) in [6, 6.07) is 9.29. The third-order valence-corrected chi connectivity index (χ3v) is 4.56. The van der Waals surface area contributed by atoms with E-state index in [0.717, 1.165) is 49.9 Å². The van der Waals surface area contributed by atoms with Crippen LogP contribution in [0.1, 0.15) is 5.69 Å². The minimum atomic E-state index is -0.101. The maximum Gasteiger partial charge on any atom is 0.252 e. The van der Waals surface area contributed by atoms with Crippen LogP contribution in [0.3, 0.4) is 0 Å². The van der Waals surface area contributed by atoms with Gasteiger partial charge in [-0.1, -0.05) is 12.1 Å². The van der Waals surface area contributed by atoms with Crippen LogP contribution in [0.25, 0.3) is 0 Å². The van der Waals surface area contributed by atoms with Crippen molar-refractivity contribution in [3.8, 4) is 11.5 Å². The van der Waals surface area contributed by atoms with E-state index in [1.807, 2.05) is 31.2 Å². The molecule has 1 saturated heterocycles. The number of fused-ring (bicyclic) bond motifs is 1. The Morgan fingerprint density at radius 1 is 1.20 bits per heavy atom. The Labute approximate surface area is 146 Å². The molecular weight excluding hydrogens is 320 g/mol. The molecule has 0 spiro atoms. The number of aromatic amines is 1. The Bertz CT molecular complexity index is 799. The molecule has 1 atom stereocenters. The molecule has 1 unspecified atom stereocenters. The maximum atomic E-state index is 11.6. The minimum Gasteiger partial charge on any atom is -0.486 e. The average Bonchev–Trinajstić information content (AvgIpc) is 2.61. The lowest BCUT2D eigenvalue weighted by Gasteiger charge is -2.37. The summed E-state index contributed by atoms with van der Waals surface area (Å²) in [5, 5.41) is 0. The monoisotopic (exact) mass is 342 g/mol. The van der Waals surface area contributed by atoms with E-state index < -0.39 is 0 Å². The number of anilines is 1. The largest absolute Gasteiger partial charge is 0.486 e. The Morgan fingerprint density at radius 2 is 1.96 bits per heavy atom. The van der Waals surface area contributed by atoms with Crippen molar-refractivity contribution in [1.29, 1.82) is 0 Å². The van der Waals surface area contributed by atoms with Crippen molar-refractivity contribution in [1.82, 2.24) is 14.9 Å². The van der Waals surface area contributed by atoms with Crippen LogP contribution >= 0.6 is 0 Å². The summed E-state index contributed by atoms with van der Waals surface area (Å²) in [6.45, 7) is 6.71. The van der Waals surface area contributed by atoms with E-state index in [1.54, 1.807) is 0 Å². The van der Waals surface area contributed by atoms with E-state index in [9.17, 15) is 4.79 Å². The van der Waals surface area contributed by atoms with E-state index in [0.29, 0.717) is 12.6 Å². The number of piperazine rings is 1. The highest BCUT2D eigenvalue weighted by molar-refractivity contribution is 5.40. The normalized spacial score (nSPS) is 20.5. The Hall–Kier alpha value is -2.54. The maximum absolute atomic E-state index is 11.6. The van der Waals surface area contributed by atoms with Crippen molar-refractivity contribution in [3.05, 3.63) is 46.4 Å². The summed E-state index contributed by atoms with van der Waals surface area (Å²) in [7, 11) is 0. The standard InChI is InChI=1S/C18H22N4O3/c1-13-10-17(23)20-18(19-13)22-8-6-21(7-9-22)11-14-12-24-15-4-2-3-5-16(15)25-14/h2-5,10,14H,6-9,11-12H2,1H3,(H,19,20,23). The first-order valence-corrected chi connectivity index (χ1v) is 8.61. The van der Waals surface area contributed by atoms with Gasteiger partial charge in [0, 0.05) is 44.5 Å². The van der Waals surface area contributed by atoms with Crippen LogP contribution in [-0.4, -0.2) is 60.3 Å². The highest BCUT2D eigenvalue weighted by atomic mass is 16.6. The molecule has 2 aliphatic rings. The van der Waals surface area contributed by atoms with Gasteiger partial charge in [0.25, 0.3) is 5.56 Å². The molecule has 2 aliphatic heterocycles. The first kappa shape index (κ1) is 16.0. The number of para-hydroxylation sites is 2. The van der Waals surface area contributed by atoms with Crippen molar-refractivity contribution in [2.75, 3.05) is 44.2 Å². The second-order valence-corrected chi connectivity index (χ2v) is 6.50. The number of benzene rings is 1. The molecule has 1 aromatic heterocycles. The van der Waals surface area contributed by atoms with Gasteiger partial charge in [0.2, 0.25) is 5.95 Å². The summed E-state index contributed by atoms with van der Waals surface area (Å²) in [6.07, 6.45) is 0.0401. The number of H-pyrrole nitrogens is 1. The highest BCUT2D eigenvalue weighted by Gasteiger charge is 2.26. The lowest BCUT2D eigenvalue weighted by molar-refractivity contribution is 0.0570. The molecule has 0 bridgehead atoms. The number of ether oxygens (including phenoxy) is 2. The molecule has 0 amide bonds. The first-order valence-electron chi connectivity index (χ1n) is 8.61. The zero-order chi connectivity index (χ0) is 17.2. The second kappa shape index (κ2) is 6.76. The zero-order valence-electron chi connectivity index (χ0n) is 14.3. The molecule has 3 heterocycles. The third-order valence-electron chi connectivity index (χ3n) is 4.56. The Kier molecular flexibility index (Phi) is 4.31. The Balaban J connectivity index is 1.33. The van der Waals surface area contributed by atoms with Crippen molar-refractivity contribution in [3.63, 3.8) is 0 Å². The van der Waals surface area contributed by atoms with E-state index in [-0.39, 0.29) is 11.7 Å².